The number of hydrogen-bond acceptors (Lipinski definition) is 14. The van der Waals surface area contributed by atoms with Crippen LogP contribution in [0.25, 0.3) is 44.9 Å². The molecule has 3 aromatic rings. The molecule has 0 spiro atoms. The van der Waals surface area contributed by atoms with Crippen molar-refractivity contribution in [2.45, 2.75) is 237 Å². The molecule has 0 radical (unpaired) electrons. The number of nitrogens with zero attached hydrogens (tertiary/aromatic N) is 6. The van der Waals surface area contributed by atoms with Crippen LogP contribution < -0.4 is 0 Å². The number of fused-ring (bicyclic) bond motifs is 12. The highest BCUT2D eigenvalue weighted by molar-refractivity contribution is 5.99. The Balaban J connectivity index is 1.10. The van der Waals surface area contributed by atoms with Crippen molar-refractivity contribution in [3.63, 3.8) is 0 Å². The Kier molecular flexibility index (Phi) is 20.1. The van der Waals surface area contributed by atoms with Crippen molar-refractivity contribution in [1.82, 2.24) is 39.9 Å². The molecule has 480 valence electrons. The van der Waals surface area contributed by atoms with Crippen molar-refractivity contribution >= 4 is 44.9 Å². The number of ether oxygens (including phenoxy) is 8. The van der Waals surface area contributed by atoms with Gasteiger partial charge in [0.25, 0.3) is 0 Å². The van der Waals surface area contributed by atoms with Crippen LogP contribution >= 0.6 is 0 Å². The molecule has 0 saturated carbocycles. The Labute approximate surface area is 528 Å². The molecule has 16 bridgehead atoms. The average molecular weight is 1220 g/mol. The van der Waals surface area contributed by atoms with Crippen LogP contribution in [0.15, 0.2) is 48.6 Å². The molecule has 89 heavy (non-hydrogen) atoms. The fourth-order valence-electron chi connectivity index (χ4n) is 16.0. The number of aromatic nitrogens is 8. The monoisotopic (exact) mass is 1220 g/mol. The third-order valence-electron chi connectivity index (χ3n) is 20.5. The predicted octanol–water partition coefficient (Wildman–Crippen LogP) is 14.7. The maximum absolute atomic E-state index is 7.10. The van der Waals surface area contributed by atoms with E-state index in [9.17, 15) is 0 Å². The molecule has 16 unspecified atom stereocenters. The van der Waals surface area contributed by atoms with Gasteiger partial charge in [-0.15, -0.1) is 0 Å². The fourth-order valence-corrected chi connectivity index (χ4v) is 16.0. The molecule has 0 amide bonds. The molecule has 5 heterocycles. The van der Waals surface area contributed by atoms with E-state index < -0.39 is 0 Å². The number of hydrogen-bond donors (Lipinski definition) is 2. The third-order valence-corrected chi connectivity index (χ3v) is 20.5. The number of unbranched alkanes of at least 4 members (excludes halogenated alkanes) is 9. The second-order valence-electron chi connectivity index (χ2n) is 26.5. The van der Waals surface area contributed by atoms with E-state index >= 15 is 0 Å². The molecule has 0 fully saturated rings. The highest BCUT2D eigenvalue weighted by Crippen LogP contribution is 2.57. The number of aromatic amines is 2. The first-order valence-corrected chi connectivity index (χ1v) is 35.3. The first-order chi connectivity index (χ1) is 43.9. The summed E-state index contributed by atoms with van der Waals surface area (Å²) in [4.78, 5) is 42.8. The molecule has 2 N–H and O–H groups in total. The zero-order valence-electron chi connectivity index (χ0n) is 54.5. The largest absolute Gasteiger partial charge is 0.375 e. The summed E-state index contributed by atoms with van der Waals surface area (Å²) in [5, 5.41) is 0. The van der Waals surface area contributed by atoms with Crippen LogP contribution in [0.5, 0.6) is 0 Å². The normalized spacial score (nSPS) is 30.3. The zero-order chi connectivity index (χ0) is 61.1. The summed E-state index contributed by atoms with van der Waals surface area (Å²) in [6.45, 7) is 22.9. The molecule has 16 atom stereocenters. The van der Waals surface area contributed by atoms with E-state index in [4.69, 9.17) is 67.8 Å². The molecule has 16 heteroatoms. The van der Waals surface area contributed by atoms with Crippen LogP contribution in [0.1, 0.15) is 234 Å². The Morgan fingerprint density at radius 3 is 0.697 bits per heavy atom. The number of H-pyrrole nitrogens is 2. The van der Waals surface area contributed by atoms with Crippen molar-refractivity contribution in [1.29, 1.82) is 0 Å². The van der Waals surface area contributed by atoms with Crippen LogP contribution in [0.2, 0.25) is 0 Å². The van der Waals surface area contributed by atoms with Gasteiger partial charge < -0.3 is 47.9 Å². The quantitative estimate of drug-likeness (QED) is 0.0434. The second kappa shape index (κ2) is 28.4. The number of nitrogens with one attached hydrogen (secondary N) is 2. The van der Waals surface area contributed by atoms with E-state index in [1.807, 2.05) is 0 Å². The molecule has 17 rings (SSSR count). The smallest absolute Gasteiger partial charge is 0.161 e. The topological polar surface area (TPSA) is 183 Å². The summed E-state index contributed by atoms with van der Waals surface area (Å²) < 4.78 is 56.3. The van der Waals surface area contributed by atoms with Gasteiger partial charge in [-0.2, -0.15) is 0 Å². The van der Waals surface area contributed by atoms with E-state index in [1.54, 1.807) is 0 Å². The number of rotatable bonds is 33. The SMILES string of the molecule is CCCCCOC1C2C=CC(c3c2c2nc4[nH]c(nc5nc(nc6nc(nc3[nH]2)C2=C6C3C=CC2C(OCCCC)C3OCCCC)C2=C5C3C=CC2C(OCCCC)C3OCCCC)c2c4C3C=CC2C(OCCCC)C3OCCCC)C1OCCCC. The van der Waals surface area contributed by atoms with Crippen LogP contribution in [-0.4, -0.2) is 142 Å². The summed E-state index contributed by atoms with van der Waals surface area (Å²) in [5.74, 6) is 1.04. The lowest BCUT2D eigenvalue weighted by Crippen LogP contribution is -2.49. The van der Waals surface area contributed by atoms with Crippen LogP contribution in [0.3, 0.4) is 0 Å². The Bertz CT molecular complexity index is 3360. The van der Waals surface area contributed by atoms with Crippen LogP contribution in [0, 0.1) is 23.7 Å². The van der Waals surface area contributed by atoms with E-state index in [2.05, 4.69) is 114 Å². The van der Waals surface area contributed by atoms with E-state index in [0.717, 1.165) is 176 Å². The van der Waals surface area contributed by atoms with E-state index in [1.165, 1.54) is 0 Å². The molecule has 0 saturated heterocycles. The first kappa shape index (κ1) is 62.8. The Hall–Kier alpha value is -5.04. The molecule has 14 aliphatic rings. The maximum atomic E-state index is 7.10. The minimum atomic E-state index is -0.243. The second-order valence-corrected chi connectivity index (χ2v) is 26.5. The molecule has 2 aliphatic heterocycles. The maximum Gasteiger partial charge on any atom is 0.161 e. The van der Waals surface area contributed by atoms with E-state index in [-0.39, 0.29) is 96.2 Å². The third kappa shape index (κ3) is 11.7. The summed E-state index contributed by atoms with van der Waals surface area (Å²) in [6, 6.07) is 0. The van der Waals surface area contributed by atoms with Crippen molar-refractivity contribution in [2.75, 3.05) is 52.9 Å². The van der Waals surface area contributed by atoms with Crippen LogP contribution in [0.4, 0.5) is 0 Å². The highest BCUT2D eigenvalue weighted by atomic mass is 16.6. The van der Waals surface area contributed by atoms with Crippen molar-refractivity contribution in [3.05, 3.63) is 94.2 Å². The van der Waals surface area contributed by atoms with Gasteiger partial charge in [0.15, 0.2) is 23.3 Å². The van der Waals surface area contributed by atoms with Gasteiger partial charge in [-0.25, -0.2) is 29.9 Å². The molecule has 0 aromatic carbocycles. The molecule has 16 nitrogen and oxygen atoms in total. The van der Waals surface area contributed by atoms with Gasteiger partial charge in [0.05, 0.1) is 48.8 Å². The lowest BCUT2D eigenvalue weighted by atomic mass is 9.67. The van der Waals surface area contributed by atoms with Crippen molar-refractivity contribution < 1.29 is 37.9 Å². The summed E-state index contributed by atoms with van der Waals surface area (Å²) >= 11 is 0. The predicted molar refractivity (Wildman–Crippen MR) is 349 cm³/mol. The van der Waals surface area contributed by atoms with Gasteiger partial charge in [-0.3, -0.25) is 0 Å². The summed E-state index contributed by atoms with van der Waals surface area (Å²) in [7, 11) is 0. The van der Waals surface area contributed by atoms with Gasteiger partial charge in [0, 0.05) is 145 Å². The van der Waals surface area contributed by atoms with Gasteiger partial charge in [-0.1, -0.05) is 162 Å². The summed E-state index contributed by atoms with van der Waals surface area (Å²) in [5.41, 5.74) is 11.4. The lowest BCUT2D eigenvalue weighted by Gasteiger charge is -2.45. The molecule has 3 aromatic heterocycles. The fraction of sp³-hybridized carbons (Fsp3) is 0.671. The van der Waals surface area contributed by atoms with E-state index in [0.29, 0.717) is 76.2 Å². The van der Waals surface area contributed by atoms with Gasteiger partial charge in [0.1, 0.15) is 22.6 Å². The summed E-state index contributed by atoms with van der Waals surface area (Å²) in [6.07, 6.45) is 34.0. The Morgan fingerprint density at radius 1 is 0.247 bits per heavy atom. The van der Waals surface area contributed by atoms with Crippen molar-refractivity contribution in [2.24, 2.45) is 23.7 Å². The zero-order valence-corrected chi connectivity index (χ0v) is 54.5. The average Bonchev–Trinajstić information content (AvgIpc) is 1.64. The standard InChI is InChI=1S/C73H100N8O8/c1-9-17-25-41-89-65-49-33-32-48(64(65)88-40-24-16-8)56-57(49)73-80-71-55-47-31-30-46(62(86-38-22-14-6)63(47)87-39-23-15-7)54(55)69(78-71)76-67-51-43-27-26-42(58(82-34-18-10-2)59(43)83-35-19-11-3)50(51)66(74-67)75-68-52-44-28-29-45(53(52)70(77-68)79-72(56)81-73)61(85-37-21-13-5)60(44)84-36-20-12-4/h26-33,42-49,58-65H,9-25,34-41H2,1-8H3,(H2,74,75,76,77,78,79,80,81). The molecular weight excluding hydrogens is 1120 g/mol. The first-order valence-electron chi connectivity index (χ1n) is 35.3. The van der Waals surface area contributed by atoms with Gasteiger partial charge in [0.2, 0.25) is 0 Å². The van der Waals surface area contributed by atoms with Crippen LogP contribution in [-0.2, 0) is 37.9 Å². The van der Waals surface area contributed by atoms with Gasteiger partial charge >= 0.3 is 0 Å². The molecule has 12 aliphatic carbocycles. The molecular formula is C73H100N8O8. The van der Waals surface area contributed by atoms with Crippen molar-refractivity contribution in [3.8, 4) is 0 Å². The highest BCUT2D eigenvalue weighted by Gasteiger charge is 2.55. The Morgan fingerprint density at radius 2 is 0.449 bits per heavy atom. The lowest BCUT2D eigenvalue weighted by molar-refractivity contribution is -0.0996. The minimum Gasteiger partial charge on any atom is -0.375 e. The van der Waals surface area contributed by atoms with Gasteiger partial charge in [-0.05, 0) is 51.4 Å². The minimum absolute atomic E-state index is 0.163.